The van der Waals surface area contributed by atoms with E-state index in [1.54, 1.807) is 23.9 Å². The summed E-state index contributed by atoms with van der Waals surface area (Å²) in [5.74, 6) is 2.01. The van der Waals surface area contributed by atoms with Crippen molar-refractivity contribution < 1.29 is 13.2 Å². The summed E-state index contributed by atoms with van der Waals surface area (Å²) in [5.41, 5.74) is 5.60. The first kappa shape index (κ1) is 22.2. The molecule has 0 aliphatic carbocycles. The molecule has 2 aliphatic rings. The zero-order chi connectivity index (χ0) is 23.2. The van der Waals surface area contributed by atoms with Gasteiger partial charge in [0.1, 0.15) is 5.82 Å². The van der Waals surface area contributed by atoms with E-state index in [9.17, 15) is 13.2 Å². The number of anilines is 1. The Morgan fingerprint density at radius 2 is 1.67 bits per heavy atom. The minimum atomic E-state index is -3.51. The molecule has 0 atom stereocenters. The van der Waals surface area contributed by atoms with Crippen molar-refractivity contribution >= 4 is 33.5 Å². The maximum Gasteiger partial charge on any atom is 0.256 e. The SMILES string of the molecule is Cc1cc(C)cc(-n2nc3c(c2NC(=O)c2ccc(S(=O)(=O)N4CCCC4)cc2)CSC3)c1. The van der Waals surface area contributed by atoms with Crippen LogP contribution in [0.1, 0.15) is 45.6 Å². The lowest BCUT2D eigenvalue weighted by Crippen LogP contribution is -2.27. The van der Waals surface area contributed by atoms with E-state index in [0.717, 1.165) is 52.4 Å². The number of amides is 1. The van der Waals surface area contributed by atoms with Gasteiger partial charge in [0.25, 0.3) is 5.91 Å². The first-order chi connectivity index (χ1) is 15.8. The number of thioether (sulfide) groups is 1. The molecule has 1 amide bonds. The summed E-state index contributed by atoms with van der Waals surface area (Å²) in [6, 6.07) is 12.4. The molecule has 2 aliphatic heterocycles. The first-order valence-electron chi connectivity index (χ1n) is 11.0. The van der Waals surface area contributed by atoms with Crippen molar-refractivity contribution in [2.75, 3.05) is 18.4 Å². The van der Waals surface area contributed by atoms with Crippen molar-refractivity contribution in [3.05, 3.63) is 70.4 Å². The van der Waals surface area contributed by atoms with E-state index in [1.807, 2.05) is 18.5 Å². The van der Waals surface area contributed by atoms with E-state index in [4.69, 9.17) is 5.10 Å². The number of aromatic nitrogens is 2. The minimum absolute atomic E-state index is 0.221. The fourth-order valence-electron chi connectivity index (χ4n) is 4.44. The molecule has 7 nitrogen and oxygen atoms in total. The number of sulfonamides is 1. The topological polar surface area (TPSA) is 84.3 Å². The number of carbonyl (C=O) groups is 1. The van der Waals surface area contributed by atoms with E-state index in [0.29, 0.717) is 24.5 Å². The summed E-state index contributed by atoms with van der Waals surface area (Å²) in [4.78, 5) is 13.3. The molecule has 1 N–H and O–H groups in total. The highest BCUT2D eigenvalue weighted by atomic mass is 32.2. The Balaban J connectivity index is 1.43. The monoisotopic (exact) mass is 482 g/mol. The van der Waals surface area contributed by atoms with Crippen LogP contribution in [-0.2, 0) is 21.5 Å². The molecule has 0 spiro atoms. The van der Waals surface area contributed by atoms with Crippen LogP contribution in [0.4, 0.5) is 5.82 Å². The van der Waals surface area contributed by atoms with E-state index in [1.165, 1.54) is 16.4 Å². The minimum Gasteiger partial charge on any atom is -0.306 e. The Morgan fingerprint density at radius 3 is 2.33 bits per heavy atom. The van der Waals surface area contributed by atoms with Gasteiger partial charge in [-0.2, -0.15) is 21.2 Å². The molecule has 0 radical (unpaired) electrons. The van der Waals surface area contributed by atoms with Crippen LogP contribution in [0.15, 0.2) is 47.4 Å². The maximum atomic E-state index is 13.1. The van der Waals surface area contributed by atoms with Crippen LogP contribution >= 0.6 is 11.8 Å². The zero-order valence-corrected chi connectivity index (χ0v) is 20.3. The van der Waals surface area contributed by atoms with Crippen LogP contribution in [0, 0.1) is 13.8 Å². The second-order valence-corrected chi connectivity index (χ2v) is 11.5. The molecule has 1 fully saturated rings. The number of fused-ring (bicyclic) bond motifs is 1. The lowest BCUT2D eigenvalue weighted by molar-refractivity contribution is 0.102. The fraction of sp³-hybridized carbons (Fsp3) is 0.333. The van der Waals surface area contributed by atoms with Gasteiger partial charge in [-0.3, -0.25) is 4.79 Å². The van der Waals surface area contributed by atoms with Crippen molar-refractivity contribution in [2.24, 2.45) is 0 Å². The van der Waals surface area contributed by atoms with Crippen molar-refractivity contribution in [2.45, 2.75) is 43.1 Å². The third-order valence-electron chi connectivity index (χ3n) is 6.05. The number of aryl methyl sites for hydroxylation is 2. The quantitative estimate of drug-likeness (QED) is 0.587. The van der Waals surface area contributed by atoms with Gasteiger partial charge in [-0.25, -0.2) is 13.1 Å². The normalized spacial score (nSPS) is 16.2. The van der Waals surface area contributed by atoms with Gasteiger partial charge in [-0.15, -0.1) is 0 Å². The predicted molar refractivity (Wildman–Crippen MR) is 130 cm³/mol. The highest BCUT2D eigenvalue weighted by Gasteiger charge is 2.28. The van der Waals surface area contributed by atoms with Crippen LogP contribution in [0.2, 0.25) is 0 Å². The van der Waals surface area contributed by atoms with Gasteiger partial charge < -0.3 is 5.32 Å². The summed E-state index contributed by atoms with van der Waals surface area (Å²) in [6.07, 6.45) is 1.77. The van der Waals surface area contributed by atoms with Crippen LogP contribution in [0.5, 0.6) is 0 Å². The number of carbonyl (C=O) groups excluding carboxylic acids is 1. The van der Waals surface area contributed by atoms with E-state index < -0.39 is 10.0 Å². The molecule has 3 heterocycles. The highest BCUT2D eigenvalue weighted by molar-refractivity contribution is 7.98. The van der Waals surface area contributed by atoms with Crippen LogP contribution in [0.25, 0.3) is 5.69 Å². The average molecular weight is 483 g/mol. The van der Waals surface area contributed by atoms with E-state index in [-0.39, 0.29) is 10.8 Å². The van der Waals surface area contributed by atoms with Gasteiger partial charge in [0.05, 0.1) is 16.3 Å². The first-order valence-corrected chi connectivity index (χ1v) is 13.6. The summed E-state index contributed by atoms with van der Waals surface area (Å²) < 4.78 is 28.9. The van der Waals surface area contributed by atoms with Crippen LogP contribution in [0.3, 0.4) is 0 Å². The van der Waals surface area contributed by atoms with E-state index >= 15 is 0 Å². The lowest BCUT2D eigenvalue weighted by atomic mass is 10.1. The number of hydrogen-bond acceptors (Lipinski definition) is 5. The smallest absolute Gasteiger partial charge is 0.256 e. The Morgan fingerprint density at radius 1 is 1.00 bits per heavy atom. The number of rotatable bonds is 5. The lowest BCUT2D eigenvalue weighted by Gasteiger charge is -2.16. The second-order valence-electron chi connectivity index (χ2n) is 8.61. The van der Waals surface area contributed by atoms with Crippen LogP contribution < -0.4 is 5.32 Å². The Kier molecular flexibility index (Phi) is 5.80. The molecule has 2 aromatic carbocycles. The van der Waals surface area contributed by atoms with Crippen molar-refractivity contribution in [3.63, 3.8) is 0 Å². The molecule has 0 saturated carbocycles. The summed E-state index contributed by atoms with van der Waals surface area (Å²) >= 11 is 1.78. The molecule has 1 saturated heterocycles. The number of hydrogen-bond donors (Lipinski definition) is 1. The molecule has 0 unspecified atom stereocenters. The summed E-state index contributed by atoms with van der Waals surface area (Å²) in [5, 5.41) is 7.82. The second kappa shape index (κ2) is 8.62. The highest BCUT2D eigenvalue weighted by Crippen LogP contribution is 2.36. The van der Waals surface area contributed by atoms with Gasteiger partial charge in [-0.05, 0) is 74.2 Å². The van der Waals surface area contributed by atoms with Gasteiger partial charge >= 0.3 is 0 Å². The Labute approximate surface area is 198 Å². The molecule has 5 rings (SSSR count). The van der Waals surface area contributed by atoms with Crippen molar-refractivity contribution in [3.8, 4) is 5.69 Å². The molecule has 3 aromatic rings. The number of nitrogens with zero attached hydrogens (tertiary/aromatic N) is 3. The van der Waals surface area contributed by atoms with Crippen LogP contribution in [-0.4, -0.2) is 41.5 Å². The predicted octanol–water partition coefficient (Wildman–Crippen LogP) is 4.27. The van der Waals surface area contributed by atoms with Gasteiger partial charge in [0.2, 0.25) is 10.0 Å². The Bertz CT molecular complexity index is 1300. The average Bonchev–Trinajstić information content (AvgIpc) is 3.52. The molecular formula is C24H26N4O3S2. The third-order valence-corrected chi connectivity index (χ3v) is 8.94. The molecule has 33 heavy (non-hydrogen) atoms. The summed E-state index contributed by atoms with van der Waals surface area (Å²) in [7, 11) is -3.51. The fourth-order valence-corrected chi connectivity index (χ4v) is 6.99. The molecule has 9 heteroatoms. The molecule has 0 bridgehead atoms. The Hall–Kier alpha value is -2.62. The zero-order valence-electron chi connectivity index (χ0n) is 18.7. The van der Waals surface area contributed by atoms with Crippen molar-refractivity contribution in [1.29, 1.82) is 0 Å². The van der Waals surface area contributed by atoms with Crippen molar-refractivity contribution in [1.82, 2.24) is 14.1 Å². The van der Waals surface area contributed by atoms with Gasteiger partial charge in [-0.1, -0.05) is 6.07 Å². The number of benzene rings is 2. The molecular weight excluding hydrogens is 456 g/mol. The third kappa shape index (κ3) is 4.20. The van der Waals surface area contributed by atoms with E-state index in [2.05, 4.69) is 23.5 Å². The molecule has 172 valence electrons. The largest absolute Gasteiger partial charge is 0.306 e. The number of nitrogens with one attached hydrogen (secondary N) is 1. The molecule has 1 aromatic heterocycles. The van der Waals surface area contributed by atoms with Gasteiger partial charge in [0.15, 0.2) is 0 Å². The van der Waals surface area contributed by atoms with Gasteiger partial charge in [0, 0.05) is 35.7 Å². The summed E-state index contributed by atoms with van der Waals surface area (Å²) in [6.45, 7) is 5.19. The standard InChI is InChI=1S/C24H26N4O3S2/c1-16-11-17(2)13-19(12-16)28-23(21-14-32-15-22(21)26-28)25-24(29)18-5-7-20(8-6-18)33(30,31)27-9-3-4-10-27/h5-8,11-13H,3-4,9-10,14-15H2,1-2H3,(H,25,29). The maximum absolute atomic E-state index is 13.1.